The monoisotopic (exact) mass is 265 g/mol. The highest BCUT2D eigenvalue weighted by atomic mass is 79.9. The lowest BCUT2D eigenvalue weighted by Gasteiger charge is -2.06. The molecule has 0 aromatic heterocycles. The third-order valence-electron chi connectivity index (χ3n) is 1.46. The Hall–Kier alpha value is -0.940. The maximum absolute atomic E-state index is 10.6. The third kappa shape index (κ3) is 1.71. The van der Waals surface area contributed by atoms with Gasteiger partial charge in [0.05, 0.1) is 15.2 Å². The van der Waals surface area contributed by atoms with Gasteiger partial charge in [-0.1, -0.05) is 11.6 Å². The molecule has 0 aliphatic rings. The van der Waals surface area contributed by atoms with Gasteiger partial charge < -0.3 is 15.9 Å². The van der Waals surface area contributed by atoms with Crippen LogP contribution >= 0.6 is 27.5 Å². The summed E-state index contributed by atoms with van der Waals surface area (Å²) in [6, 6.07) is 1.10. The molecule has 13 heavy (non-hydrogen) atoms. The molecule has 4 nitrogen and oxygen atoms in total. The van der Waals surface area contributed by atoms with E-state index in [9.17, 15) is 9.90 Å². The van der Waals surface area contributed by atoms with Crippen molar-refractivity contribution in [2.45, 2.75) is 0 Å². The molecule has 0 spiro atoms. The number of nitrogen functional groups attached to an aromatic ring is 1. The first-order valence-corrected chi connectivity index (χ1v) is 4.32. The van der Waals surface area contributed by atoms with Crippen LogP contribution in [0.4, 0.5) is 5.69 Å². The first kappa shape index (κ1) is 10.1. The van der Waals surface area contributed by atoms with Crippen LogP contribution in [0.5, 0.6) is 5.75 Å². The molecule has 1 aromatic rings. The zero-order chi connectivity index (χ0) is 10.2. The van der Waals surface area contributed by atoms with Crippen molar-refractivity contribution in [3.63, 3.8) is 0 Å². The Balaban J connectivity index is 3.50. The average Bonchev–Trinajstić information content (AvgIpc) is 2.07. The van der Waals surface area contributed by atoms with Gasteiger partial charge in [0.1, 0.15) is 11.3 Å². The normalized spacial score (nSPS) is 10.0. The zero-order valence-electron chi connectivity index (χ0n) is 6.21. The van der Waals surface area contributed by atoms with E-state index in [0.29, 0.717) is 0 Å². The first-order valence-electron chi connectivity index (χ1n) is 3.15. The van der Waals surface area contributed by atoms with Gasteiger partial charge >= 0.3 is 5.97 Å². The standard InChI is InChI=1S/C7H5BrClNO3/c8-4-5(10)3(9)1-2(6(4)11)7(12)13/h1,11H,10H2,(H,12,13). The number of hydrogen-bond acceptors (Lipinski definition) is 3. The highest BCUT2D eigenvalue weighted by molar-refractivity contribution is 9.10. The highest BCUT2D eigenvalue weighted by Crippen LogP contribution is 2.38. The van der Waals surface area contributed by atoms with Gasteiger partial charge in [0.2, 0.25) is 0 Å². The molecular formula is C7H5BrClNO3. The first-order chi connectivity index (χ1) is 5.95. The smallest absolute Gasteiger partial charge is 0.339 e. The predicted octanol–water partition coefficient (Wildman–Crippen LogP) is 2.09. The SMILES string of the molecule is Nc1c(Cl)cc(C(=O)O)c(O)c1Br. The summed E-state index contributed by atoms with van der Waals surface area (Å²) in [5, 5.41) is 18.0. The lowest BCUT2D eigenvalue weighted by Crippen LogP contribution is -1.99. The number of phenols is 1. The second kappa shape index (κ2) is 3.43. The number of carbonyl (C=O) groups is 1. The van der Waals surface area contributed by atoms with Gasteiger partial charge in [-0.2, -0.15) is 0 Å². The molecule has 0 atom stereocenters. The number of carboxylic acids is 1. The van der Waals surface area contributed by atoms with Crippen LogP contribution in [0.15, 0.2) is 10.5 Å². The lowest BCUT2D eigenvalue weighted by atomic mass is 10.2. The van der Waals surface area contributed by atoms with Crippen molar-refractivity contribution in [3.05, 3.63) is 21.1 Å². The molecule has 0 saturated heterocycles. The molecule has 0 aliphatic carbocycles. The Morgan fingerprint density at radius 2 is 2.15 bits per heavy atom. The van der Waals surface area contributed by atoms with E-state index in [-0.39, 0.29) is 20.7 Å². The highest BCUT2D eigenvalue weighted by Gasteiger charge is 2.17. The van der Waals surface area contributed by atoms with Gasteiger partial charge in [-0.3, -0.25) is 0 Å². The van der Waals surface area contributed by atoms with E-state index in [0.717, 1.165) is 6.07 Å². The van der Waals surface area contributed by atoms with Crippen LogP contribution in [-0.2, 0) is 0 Å². The number of rotatable bonds is 1. The second-order valence-corrected chi connectivity index (χ2v) is 3.49. The molecule has 0 fully saturated rings. The van der Waals surface area contributed by atoms with Crippen molar-refractivity contribution < 1.29 is 15.0 Å². The number of nitrogens with two attached hydrogens (primary N) is 1. The summed E-state index contributed by atoms with van der Waals surface area (Å²) in [5.74, 6) is -1.69. The summed E-state index contributed by atoms with van der Waals surface area (Å²) in [4.78, 5) is 10.6. The van der Waals surface area contributed by atoms with Crippen molar-refractivity contribution in [2.24, 2.45) is 0 Å². The summed E-state index contributed by atoms with van der Waals surface area (Å²) in [6.07, 6.45) is 0. The van der Waals surface area contributed by atoms with Crippen molar-refractivity contribution in [2.75, 3.05) is 5.73 Å². The molecule has 0 aliphatic heterocycles. The third-order valence-corrected chi connectivity index (χ3v) is 2.57. The Kier molecular flexibility index (Phi) is 2.68. The second-order valence-electron chi connectivity index (χ2n) is 2.29. The molecular weight excluding hydrogens is 261 g/mol. The minimum Gasteiger partial charge on any atom is -0.506 e. The molecule has 0 unspecified atom stereocenters. The molecule has 0 radical (unpaired) electrons. The number of aromatic hydroxyl groups is 1. The van der Waals surface area contributed by atoms with Crippen LogP contribution < -0.4 is 5.73 Å². The Morgan fingerprint density at radius 1 is 1.62 bits per heavy atom. The average molecular weight is 266 g/mol. The molecule has 1 aromatic carbocycles. The van der Waals surface area contributed by atoms with E-state index in [4.69, 9.17) is 22.4 Å². The summed E-state index contributed by atoms with van der Waals surface area (Å²) < 4.78 is 0.0948. The van der Waals surface area contributed by atoms with Gasteiger partial charge in [0.25, 0.3) is 0 Å². The van der Waals surface area contributed by atoms with Gasteiger partial charge in [-0.25, -0.2) is 4.79 Å². The Bertz CT molecular complexity index is 380. The predicted molar refractivity (Wildman–Crippen MR) is 52.2 cm³/mol. The van der Waals surface area contributed by atoms with Crippen molar-refractivity contribution in [1.82, 2.24) is 0 Å². The molecule has 0 bridgehead atoms. The summed E-state index contributed by atoms with van der Waals surface area (Å²) in [7, 11) is 0. The quantitative estimate of drug-likeness (QED) is 0.680. The molecule has 0 saturated carbocycles. The fraction of sp³-hybridized carbons (Fsp3) is 0. The minimum absolute atomic E-state index is 0.0853. The van der Waals surface area contributed by atoms with E-state index >= 15 is 0 Å². The molecule has 1 rings (SSSR count). The Labute approximate surface area is 87.1 Å². The van der Waals surface area contributed by atoms with Crippen LogP contribution in [-0.4, -0.2) is 16.2 Å². The fourth-order valence-corrected chi connectivity index (χ4v) is 1.53. The van der Waals surface area contributed by atoms with E-state index in [1.54, 1.807) is 0 Å². The van der Waals surface area contributed by atoms with Crippen molar-refractivity contribution in [1.29, 1.82) is 0 Å². The number of aromatic carboxylic acids is 1. The number of hydrogen-bond donors (Lipinski definition) is 3. The maximum atomic E-state index is 10.6. The number of halogens is 2. The van der Waals surface area contributed by atoms with Crippen molar-refractivity contribution >= 4 is 39.2 Å². The van der Waals surface area contributed by atoms with Crippen LogP contribution in [0.25, 0.3) is 0 Å². The zero-order valence-corrected chi connectivity index (χ0v) is 8.56. The molecule has 0 amide bonds. The molecule has 4 N–H and O–H groups in total. The molecule has 6 heteroatoms. The minimum atomic E-state index is -1.26. The number of carboxylic acid groups (broad SMARTS) is 1. The van der Waals surface area contributed by atoms with E-state index in [2.05, 4.69) is 15.9 Å². The lowest BCUT2D eigenvalue weighted by molar-refractivity contribution is 0.0693. The van der Waals surface area contributed by atoms with Gasteiger partial charge in [0, 0.05) is 0 Å². The summed E-state index contributed by atoms with van der Waals surface area (Å²) in [5.41, 5.74) is 5.25. The molecule has 0 heterocycles. The van der Waals surface area contributed by atoms with Gasteiger partial charge in [0.15, 0.2) is 0 Å². The van der Waals surface area contributed by atoms with Crippen molar-refractivity contribution in [3.8, 4) is 5.75 Å². The van der Waals surface area contributed by atoms with E-state index in [1.807, 2.05) is 0 Å². The number of benzene rings is 1. The maximum Gasteiger partial charge on any atom is 0.339 e. The van der Waals surface area contributed by atoms with Gasteiger partial charge in [-0.15, -0.1) is 0 Å². The fourth-order valence-electron chi connectivity index (χ4n) is 0.786. The van der Waals surface area contributed by atoms with Crippen LogP contribution in [0.3, 0.4) is 0 Å². The topological polar surface area (TPSA) is 83.6 Å². The summed E-state index contributed by atoms with van der Waals surface area (Å²) >= 11 is 8.53. The van der Waals surface area contributed by atoms with Gasteiger partial charge in [-0.05, 0) is 22.0 Å². The van der Waals surface area contributed by atoms with Crippen LogP contribution in [0, 0.1) is 0 Å². The van der Waals surface area contributed by atoms with E-state index < -0.39 is 11.7 Å². The van der Waals surface area contributed by atoms with E-state index in [1.165, 1.54) is 0 Å². The number of anilines is 1. The van der Waals surface area contributed by atoms with Crippen LogP contribution in [0.1, 0.15) is 10.4 Å². The summed E-state index contributed by atoms with van der Waals surface area (Å²) in [6.45, 7) is 0. The Morgan fingerprint density at radius 3 is 2.62 bits per heavy atom. The largest absolute Gasteiger partial charge is 0.506 e. The van der Waals surface area contributed by atoms with Crippen LogP contribution in [0.2, 0.25) is 5.02 Å². The molecule has 70 valence electrons.